The van der Waals surface area contributed by atoms with Crippen molar-refractivity contribution in [1.29, 1.82) is 0 Å². The Morgan fingerprint density at radius 1 is 1.00 bits per heavy atom. The van der Waals surface area contributed by atoms with E-state index in [1.54, 1.807) is 54.7 Å². The number of Topliss-reactive ketones (excluding diaryl/α,β-unsaturated/α-hetero) is 2. The lowest BCUT2D eigenvalue weighted by Crippen LogP contribution is -2.20. The number of allylic oxidation sites excluding steroid dienone is 1. The van der Waals surface area contributed by atoms with E-state index in [0.717, 1.165) is 0 Å². The first-order chi connectivity index (χ1) is 13.5. The number of halogens is 1. The molecular weight excluding hydrogens is 378 g/mol. The van der Waals surface area contributed by atoms with Gasteiger partial charge in [-0.25, -0.2) is 0 Å². The molecule has 0 atom stereocenters. The van der Waals surface area contributed by atoms with Gasteiger partial charge in [-0.15, -0.1) is 0 Å². The number of aliphatic hydroxyl groups is 1. The predicted molar refractivity (Wildman–Crippen MR) is 107 cm³/mol. The van der Waals surface area contributed by atoms with Crippen molar-refractivity contribution in [3.63, 3.8) is 0 Å². The molecule has 1 fully saturated rings. The molecule has 4 rings (SSSR count). The summed E-state index contributed by atoms with van der Waals surface area (Å²) >= 11 is 5.91. The molecule has 0 radical (unpaired) electrons. The van der Waals surface area contributed by atoms with Crippen molar-refractivity contribution in [2.75, 3.05) is 0 Å². The molecule has 1 aromatic heterocycles. The van der Waals surface area contributed by atoms with E-state index in [4.69, 9.17) is 16.3 Å². The van der Waals surface area contributed by atoms with Crippen LogP contribution >= 0.6 is 11.6 Å². The van der Waals surface area contributed by atoms with Gasteiger partial charge in [-0.05, 0) is 55.0 Å². The van der Waals surface area contributed by atoms with Gasteiger partial charge in [0.1, 0.15) is 22.8 Å². The van der Waals surface area contributed by atoms with Gasteiger partial charge < -0.3 is 9.84 Å². The van der Waals surface area contributed by atoms with Gasteiger partial charge in [0.05, 0.1) is 5.52 Å². The fourth-order valence-corrected chi connectivity index (χ4v) is 3.34. The zero-order chi connectivity index (χ0) is 19.7. The summed E-state index contributed by atoms with van der Waals surface area (Å²) in [5.74, 6) is 0.198. The highest BCUT2D eigenvalue weighted by atomic mass is 35.5. The standard InChI is InChI=1S/C22H16ClNO4/c23-14-5-7-15(8-6-14)28-20-10-11-24-17-9-4-13(12-16(17)20)22(27)21-18(25)2-1-3-19(21)26/h4-12,27H,1-3H2. The Bertz CT molecular complexity index is 1100. The van der Waals surface area contributed by atoms with Crippen LogP contribution in [0.25, 0.3) is 16.7 Å². The highest BCUT2D eigenvalue weighted by Gasteiger charge is 2.27. The van der Waals surface area contributed by atoms with Crippen LogP contribution in [0.2, 0.25) is 5.02 Å². The van der Waals surface area contributed by atoms with Crippen molar-refractivity contribution >= 4 is 39.8 Å². The number of fused-ring (bicyclic) bond motifs is 1. The molecule has 0 bridgehead atoms. The lowest BCUT2D eigenvalue weighted by molar-refractivity contribution is -0.123. The number of carbonyl (C=O) groups excluding carboxylic acids is 2. The predicted octanol–water partition coefficient (Wildman–Crippen LogP) is 5.27. The fourth-order valence-electron chi connectivity index (χ4n) is 3.21. The summed E-state index contributed by atoms with van der Waals surface area (Å²) in [5.41, 5.74) is 0.920. The van der Waals surface area contributed by atoms with Crippen LogP contribution in [-0.2, 0) is 9.59 Å². The summed E-state index contributed by atoms with van der Waals surface area (Å²) in [7, 11) is 0. The Labute approximate surface area is 166 Å². The summed E-state index contributed by atoms with van der Waals surface area (Å²) in [4.78, 5) is 28.6. The topological polar surface area (TPSA) is 76.5 Å². The Balaban J connectivity index is 1.79. The summed E-state index contributed by atoms with van der Waals surface area (Å²) < 4.78 is 5.94. The molecule has 0 aliphatic heterocycles. The monoisotopic (exact) mass is 393 g/mol. The smallest absolute Gasteiger partial charge is 0.170 e. The van der Waals surface area contributed by atoms with Gasteiger partial charge >= 0.3 is 0 Å². The van der Waals surface area contributed by atoms with Crippen LogP contribution in [-0.4, -0.2) is 21.7 Å². The van der Waals surface area contributed by atoms with Gasteiger partial charge in [0, 0.05) is 35.0 Å². The molecule has 5 nitrogen and oxygen atoms in total. The number of nitrogens with zero attached hydrogens (tertiary/aromatic N) is 1. The largest absolute Gasteiger partial charge is 0.506 e. The molecule has 140 valence electrons. The molecule has 0 unspecified atom stereocenters. The van der Waals surface area contributed by atoms with Crippen LogP contribution in [0, 0.1) is 0 Å². The third kappa shape index (κ3) is 3.49. The zero-order valence-electron chi connectivity index (χ0n) is 14.8. The van der Waals surface area contributed by atoms with E-state index in [1.165, 1.54) is 0 Å². The molecule has 0 saturated heterocycles. The maximum absolute atomic E-state index is 12.1. The molecule has 1 aliphatic rings. The van der Waals surface area contributed by atoms with Gasteiger partial charge in [0.15, 0.2) is 11.6 Å². The maximum atomic E-state index is 12.1. The molecule has 1 saturated carbocycles. The number of rotatable bonds is 3. The highest BCUT2D eigenvalue weighted by molar-refractivity contribution is 6.30. The van der Waals surface area contributed by atoms with E-state index in [9.17, 15) is 14.7 Å². The normalized spacial score (nSPS) is 14.4. The fraction of sp³-hybridized carbons (Fsp3) is 0.136. The molecule has 6 heteroatoms. The summed E-state index contributed by atoms with van der Waals surface area (Å²) in [6.07, 6.45) is 2.69. The summed E-state index contributed by atoms with van der Waals surface area (Å²) in [5, 5.41) is 11.9. The number of ketones is 2. The number of hydrogen-bond donors (Lipinski definition) is 1. The first kappa shape index (κ1) is 18.2. The molecule has 28 heavy (non-hydrogen) atoms. The van der Waals surface area contributed by atoms with E-state index < -0.39 is 0 Å². The molecule has 1 aliphatic carbocycles. The van der Waals surface area contributed by atoms with Crippen LogP contribution in [0.4, 0.5) is 0 Å². The second kappa shape index (κ2) is 7.44. The number of benzene rings is 2. The Hall–Kier alpha value is -3.18. The first-order valence-electron chi connectivity index (χ1n) is 8.85. The third-order valence-electron chi connectivity index (χ3n) is 4.62. The van der Waals surface area contributed by atoms with E-state index >= 15 is 0 Å². The van der Waals surface area contributed by atoms with Crippen molar-refractivity contribution in [2.45, 2.75) is 19.3 Å². The average Bonchev–Trinajstić information content (AvgIpc) is 2.69. The van der Waals surface area contributed by atoms with Gasteiger partial charge in [-0.3, -0.25) is 14.6 Å². The number of hydrogen-bond acceptors (Lipinski definition) is 5. The number of aromatic nitrogens is 1. The lowest BCUT2D eigenvalue weighted by Gasteiger charge is -2.14. The van der Waals surface area contributed by atoms with Gasteiger partial charge in [-0.1, -0.05) is 11.6 Å². The van der Waals surface area contributed by atoms with Crippen molar-refractivity contribution < 1.29 is 19.4 Å². The molecule has 0 amide bonds. The van der Waals surface area contributed by atoms with Gasteiger partial charge in [-0.2, -0.15) is 0 Å². The van der Waals surface area contributed by atoms with Gasteiger partial charge in [0.2, 0.25) is 0 Å². The first-order valence-corrected chi connectivity index (χ1v) is 9.23. The van der Waals surface area contributed by atoms with Crippen LogP contribution in [0.1, 0.15) is 24.8 Å². The van der Waals surface area contributed by atoms with Crippen molar-refractivity contribution in [3.8, 4) is 11.5 Å². The zero-order valence-corrected chi connectivity index (χ0v) is 15.6. The van der Waals surface area contributed by atoms with Crippen LogP contribution in [0.15, 0.2) is 60.3 Å². The van der Waals surface area contributed by atoms with Crippen molar-refractivity contribution in [2.24, 2.45) is 0 Å². The molecule has 2 aromatic carbocycles. The number of aliphatic hydroxyl groups excluding tert-OH is 1. The highest BCUT2D eigenvalue weighted by Crippen LogP contribution is 2.32. The van der Waals surface area contributed by atoms with E-state index in [1.807, 2.05) is 0 Å². The Morgan fingerprint density at radius 3 is 2.43 bits per heavy atom. The van der Waals surface area contributed by atoms with Gasteiger partial charge in [0.25, 0.3) is 0 Å². The molecular formula is C22H16ClNO4. The van der Waals surface area contributed by atoms with Crippen molar-refractivity contribution in [3.05, 3.63) is 70.9 Å². The minimum Gasteiger partial charge on any atom is -0.506 e. The maximum Gasteiger partial charge on any atom is 0.170 e. The SMILES string of the molecule is O=C1CCCC(=O)C1=C(O)c1ccc2nccc(Oc3ccc(Cl)cc3)c2c1. The second-order valence-electron chi connectivity index (χ2n) is 6.52. The second-order valence-corrected chi connectivity index (χ2v) is 6.96. The Kier molecular flexibility index (Phi) is 4.84. The quantitative estimate of drug-likeness (QED) is 0.372. The van der Waals surface area contributed by atoms with E-state index in [-0.39, 0.29) is 35.7 Å². The van der Waals surface area contributed by atoms with Crippen LogP contribution in [0.3, 0.4) is 0 Å². The Morgan fingerprint density at radius 2 is 1.71 bits per heavy atom. The van der Waals surface area contributed by atoms with E-state index in [2.05, 4.69) is 4.98 Å². The van der Waals surface area contributed by atoms with Crippen LogP contribution < -0.4 is 4.74 Å². The number of ether oxygens (including phenoxy) is 1. The number of carbonyl (C=O) groups is 2. The molecule has 0 spiro atoms. The summed E-state index contributed by atoms with van der Waals surface area (Å²) in [6.45, 7) is 0. The average molecular weight is 394 g/mol. The minimum absolute atomic E-state index is 0.116. The van der Waals surface area contributed by atoms with Crippen LogP contribution in [0.5, 0.6) is 11.5 Å². The molecule has 1 N–H and O–H groups in total. The minimum atomic E-state index is -0.322. The van der Waals surface area contributed by atoms with E-state index in [0.29, 0.717) is 39.4 Å². The molecule has 3 aromatic rings. The molecule has 1 heterocycles. The van der Waals surface area contributed by atoms with Crippen molar-refractivity contribution in [1.82, 2.24) is 4.98 Å². The number of pyridine rings is 1. The lowest BCUT2D eigenvalue weighted by atomic mass is 9.89. The third-order valence-corrected chi connectivity index (χ3v) is 4.87. The summed E-state index contributed by atoms with van der Waals surface area (Å²) in [6, 6.07) is 13.7.